The molecule has 5 rings (SSSR count). The fraction of sp³-hybridized carbons (Fsp3) is 0.250. The Balaban J connectivity index is 1.65. The van der Waals surface area contributed by atoms with Gasteiger partial charge in [0.15, 0.2) is 11.9 Å². The SMILES string of the molecule is COC1=NC(c2cc3ccccc3c3c2CCC=C3)NC(=C2CCC(=O)C=C2O)N1. The first kappa shape index (κ1) is 18.5. The number of hydrogen-bond donors (Lipinski definition) is 3. The van der Waals surface area contributed by atoms with Gasteiger partial charge in [0.05, 0.1) is 7.11 Å². The normalized spacial score (nSPS) is 23.2. The van der Waals surface area contributed by atoms with Gasteiger partial charge in [-0.3, -0.25) is 10.1 Å². The van der Waals surface area contributed by atoms with Crippen molar-refractivity contribution < 1.29 is 14.6 Å². The van der Waals surface area contributed by atoms with E-state index in [9.17, 15) is 9.90 Å². The number of carbonyl (C=O) groups excluding carboxylic acids is 1. The summed E-state index contributed by atoms with van der Waals surface area (Å²) in [5.41, 5.74) is 4.28. The van der Waals surface area contributed by atoms with Gasteiger partial charge in [-0.05, 0) is 47.2 Å². The van der Waals surface area contributed by atoms with Crippen molar-refractivity contribution in [2.75, 3.05) is 7.11 Å². The van der Waals surface area contributed by atoms with Gasteiger partial charge < -0.3 is 15.2 Å². The summed E-state index contributed by atoms with van der Waals surface area (Å²) in [5.74, 6) is 0.544. The molecule has 0 radical (unpaired) electrons. The van der Waals surface area contributed by atoms with Crippen LogP contribution in [0.15, 0.2) is 64.6 Å². The third kappa shape index (κ3) is 3.14. The highest BCUT2D eigenvalue weighted by atomic mass is 16.5. The van der Waals surface area contributed by atoms with Crippen molar-refractivity contribution in [3.05, 3.63) is 76.3 Å². The molecule has 3 N–H and O–H groups in total. The van der Waals surface area contributed by atoms with Gasteiger partial charge in [-0.2, -0.15) is 0 Å². The number of ketones is 1. The van der Waals surface area contributed by atoms with Crippen LogP contribution in [0.5, 0.6) is 0 Å². The number of benzene rings is 2. The lowest BCUT2D eigenvalue weighted by Crippen LogP contribution is -2.41. The van der Waals surface area contributed by atoms with Gasteiger partial charge in [0.2, 0.25) is 0 Å². The molecule has 0 bridgehead atoms. The number of amidine groups is 1. The van der Waals surface area contributed by atoms with Crippen molar-refractivity contribution in [2.24, 2.45) is 4.99 Å². The maximum absolute atomic E-state index is 11.6. The molecule has 0 saturated carbocycles. The topological polar surface area (TPSA) is 83.0 Å². The molecule has 0 saturated heterocycles. The fourth-order valence-electron chi connectivity index (χ4n) is 4.40. The maximum Gasteiger partial charge on any atom is 0.292 e. The third-order valence-electron chi connectivity index (χ3n) is 5.86. The van der Waals surface area contributed by atoms with E-state index in [4.69, 9.17) is 9.73 Å². The van der Waals surface area contributed by atoms with Crippen molar-refractivity contribution in [1.82, 2.24) is 10.6 Å². The Labute approximate surface area is 174 Å². The van der Waals surface area contributed by atoms with E-state index in [2.05, 4.69) is 47.1 Å². The summed E-state index contributed by atoms with van der Waals surface area (Å²) < 4.78 is 5.43. The third-order valence-corrected chi connectivity index (χ3v) is 5.86. The van der Waals surface area contributed by atoms with Crippen molar-refractivity contribution in [3.63, 3.8) is 0 Å². The molecule has 1 unspecified atom stereocenters. The minimum atomic E-state index is -0.362. The lowest BCUT2D eigenvalue weighted by molar-refractivity contribution is -0.115. The highest BCUT2D eigenvalue weighted by molar-refractivity contribution is 5.94. The van der Waals surface area contributed by atoms with Crippen molar-refractivity contribution in [3.8, 4) is 0 Å². The Hall–Kier alpha value is -3.54. The lowest BCUT2D eigenvalue weighted by atomic mass is 9.87. The molecule has 152 valence electrons. The molecule has 0 amide bonds. The first-order valence-corrected chi connectivity index (χ1v) is 10.2. The van der Waals surface area contributed by atoms with E-state index in [0.717, 1.165) is 23.8 Å². The molecule has 30 heavy (non-hydrogen) atoms. The van der Waals surface area contributed by atoms with E-state index >= 15 is 0 Å². The monoisotopic (exact) mass is 401 g/mol. The van der Waals surface area contributed by atoms with Crippen LogP contribution >= 0.6 is 0 Å². The van der Waals surface area contributed by atoms with Crippen LogP contribution < -0.4 is 10.6 Å². The molecule has 2 aliphatic carbocycles. The standard InChI is InChI=1S/C24H23N3O3/c1-30-24-26-22(19-11-10-15(28)13-21(19)29)25-23(27-24)20-12-14-6-2-3-7-16(14)17-8-4-5-9-18(17)20/h2-4,6-8,12-13,23,25,29H,5,9-11H2,1H3,(H,26,27). The zero-order valence-electron chi connectivity index (χ0n) is 16.7. The van der Waals surface area contributed by atoms with Gasteiger partial charge in [-0.25, -0.2) is 4.99 Å². The minimum absolute atomic E-state index is 0.0131. The number of carbonyl (C=O) groups is 1. The van der Waals surface area contributed by atoms with Crippen molar-refractivity contribution in [2.45, 2.75) is 31.8 Å². The van der Waals surface area contributed by atoms with Gasteiger partial charge >= 0.3 is 0 Å². The summed E-state index contributed by atoms with van der Waals surface area (Å²) in [6, 6.07) is 10.9. The molecular formula is C24H23N3O3. The average Bonchev–Trinajstić information content (AvgIpc) is 2.78. The molecule has 6 nitrogen and oxygen atoms in total. The average molecular weight is 401 g/mol. The van der Waals surface area contributed by atoms with E-state index in [-0.39, 0.29) is 17.7 Å². The van der Waals surface area contributed by atoms with Gasteiger partial charge in [0.1, 0.15) is 11.6 Å². The van der Waals surface area contributed by atoms with Crippen molar-refractivity contribution in [1.29, 1.82) is 0 Å². The number of aliphatic hydroxyl groups excluding tert-OH is 1. The predicted octanol–water partition coefficient (Wildman–Crippen LogP) is 4.01. The number of aliphatic hydroxyl groups is 1. The Kier molecular flexibility index (Phi) is 4.54. The molecule has 3 aliphatic rings. The quantitative estimate of drug-likeness (QED) is 0.673. The molecule has 2 aromatic carbocycles. The molecule has 2 aromatic rings. The number of fused-ring (bicyclic) bond motifs is 3. The summed E-state index contributed by atoms with van der Waals surface area (Å²) in [5, 5.41) is 19.3. The number of aliphatic imine (C=N–C) groups is 1. The number of nitrogens with zero attached hydrogens (tertiary/aromatic N) is 1. The number of methoxy groups -OCH3 is 1. The van der Waals surface area contributed by atoms with Gasteiger partial charge in [-0.15, -0.1) is 0 Å². The van der Waals surface area contributed by atoms with E-state index in [1.54, 1.807) is 7.11 Å². The zero-order valence-corrected chi connectivity index (χ0v) is 16.7. The van der Waals surface area contributed by atoms with Crippen LogP contribution in [0.4, 0.5) is 0 Å². The Morgan fingerprint density at radius 3 is 2.90 bits per heavy atom. The van der Waals surface area contributed by atoms with Crippen LogP contribution in [-0.4, -0.2) is 24.0 Å². The summed E-state index contributed by atoms with van der Waals surface area (Å²) in [7, 11) is 1.56. The number of hydrogen-bond acceptors (Lipinski definition) is 6. The molecular weight excluding hydrogens is 378 g/mol. The second kappa shape index (κ2) is 7.37. The van der Waals surface area contributed by atoms with Crippen LogP contribution in [0, 0.1) is 0 Å². The molecule has 0 fully saturated rings. The van der Waals surface area contributed by atoms with Crippen LogP contribution in [0.1, 0.15) is 42.1 Å². The summed E-state index contributed by atoms with van der Waals surface area (Å²) in [6.45, 7) is 0. The minimum Gasteiger partial charge on any atom is -0.507 e. The Bertz CT molecular complexity index is 1170. The van der Waals surface area contributed by atoms with Crippen molar-refractivity contribution >= 4 is 28.7 Å². The van der Waals surface area contributed by atoms with E-state index in [0.29, 0.717) is 30.3 Å². The molecule has 1 aliphatic heterocycles. The highest BCUT2D eigenvalue weighted by Gasteiger charge is 2.28. The van der Waals surface area contributed by atoms with Crippen LogP contribution in [0.3, 0.4) is 0 Å². The summed E-state index contributed by atoms with van der Waals surface area (Å²) >= 11 is 0. The second-order valence-corrected chi connectivity index (χ2v) is 7.68. The number of nitrogens with one attached hydrogen (secondary N) is 2. The lowest BCUT2D eigenvalue weighted by Gasteiger charge is -2.30. The number of ether oxygens (including phenoxy) is 1. The first-order valence-electron chi connectivity index (χ1n) is 10.2. The first-order chi connectivity index (χ1) is 14.6. The molecule has 6 heteroatoms. The zero-order chi connectivity index (χ0) is 20.7. The van der Waals surface area contributed by atoms with Crippen LogP contribution in [0.2, 0.25) is 0 Å². The van der Waals surface area contributed by atoms with E-state index in [1.807, 2.05) is 6.07 Å². The number of rotatable bonds is 1. The van der Waals surface area contributed by atoms with E-state index in [1.165, 1.54) is 22.6 Å². The molecule has 1 atom stereocenters. The maximum atomic E-state index is 11.6. The molecule has 1 heterocycles. The largest absolute Gasteiger partial charge is 0.507 e. The Morgan fingerprint density at radius 2 is 2.07 bits per heavy atom. The predicted molar refractivity (Wildman–Crippen MR) is 117 cm³/mol. The highest BCUT2D eigenvalue weighted by Crippen LogP contribution is 2.36. The van der Waals surface area contributed by atoms with E-state index < -0.39 is 0 Å². The summed E-state index contributed by atoms with van der Waals surface area (Å²) in [6.07, 6.45) is 8.10. The van der Waals surface area contributed by atoms with Gasteiger partial charge in [0.25, 0.3) is 6.02 Å². The van der Waals surface area contributed by atoms with Gasteiger partial charge in [0, 0.05) is 23.6 Å². The van der Waals surface area contributed by atoms with Crippen LogP contribution in [0.25, 0.3) is 16.8 Å². The smallest absolute Gasteiger partial charge is 0.292 e. The van der Waals surface area contributed by atoms with Gasteiger partial charge in [-0.1, -0.05) is 36.4 Å². The fourth-order valence-corrected chi connectivity index (χ4v) is 4.40. The number of allylic oxidation sites excluding steroid dienone is 3. The Morgan fingerprint density at radius 1 is 1.20 bits per heavy atom. The van der Waals surface area contributed by atoms with Crippen LogP contribution in [-0.2, 0) is 16.0 Å². The second-order valence-electron chi connectivity index (χ2n) is 7.68. The summed E-state index contributed by atoms with van der Waals surface area (Å²) in [4.78, 5) is 16.4. The molecule has 0 aromatic heterocycles. The molecule has 0 spiro atoms.